The highest BCUT2D eigenvalue weighted by molar-refractivity contribution is 7.21. The number of nitrogens with two attached hydrogens (primary N) is 1. The van der Waals surface area contributed by atoms with Crippen LogP contribution in [-0.2, 0) is 12.8 Å². The van der Waals surface area contributed by atoms with Gasteiger partial charge in [0.15, 0.2) is 0 Å². The van der Waals surface area contributed by atoms with E-state index in [-0.39, 0.29) is 5.78 Å². The van der Waals surface area contributed by atoms with E-state index in [2.05, 4.69) is 17.5 Å². The first-order chi connectivity index (χ1) is 13.2. The van der Waals surface area contributed by atoms with Crippen molar-refractivity contribution in [2.75, 3.05) is 5.73 Å². The molecule has 0 atom stereocenters. The van der Waals surface area contributed by atoms with Crippen molar-refractivity contribution in [2.24, 2.45) is 0 Å². The molecule has 0 aliphatic heterocycles. The molecule has 2 N–H and O–H groups in total. The molecule has 0 bridgehead atoms. The van der Waals surface area contributed by atoms with Gasteiger partial charge in [0.1, 0.15) is 9.71 Å². The number of nitrogens with zero attached hydrogens (tertiary/aromatic N) is 1. The van der Waals surface area contributed by atoms with E-state index in [1.54, 1.807) is 11.3 Å². The van der Waals surface area contributed by atoms with Gasteiger partial charge in [-0.3, -0.25) is 4.79 Å². The summed E-state index contributed by atoms with van der Waals surface area (Å²) in [6.07, 6.45) is 4.38. The summed E-state index contributed by atoms with van der Waals surface area (Å²) in [6, 6.07) is 13.5. The van der Waals surface area contributed by atoms with Crippen molar-refractivity contribution in [3.8, 4) is 10.6 Å². The molecular formula is C22H18N2OS2. The van der Waals surface area contributed by atoms with E-state index in [1.807, 2.05) is 30.3 Å². The van der Waals surface area contributed by atoms with Gasteiger partial charge in [-0.25, -0.2) is 4.98 Å². The molecule has 0 fully saturated rings. The first-order valence-corrected chi connectivity index (χ1v) is 10.8. The zero-order valence-electron chi connectivity index (χ0n) is 14.7. The Hall–Kier alpha value is -2.50. The van der Waals surface area contributed by atoms with Gasteiger partial charge in [0.05, 0.1) is 16.3 Å². The summed E-state index contributed by atoms with van der Waals surface area (Å²) in [7, 11) is 0. The number of fused-ring (bicyclic) bond motifs is 3. The third-order valence-corrected chi connectivity index (χ3v) is 7.17. The van der Waals surface area contributed by atoms with Crippen molar-refractivity contribution >= 4 is 44.4 Å². The molecule has 0 amide bonds. The van der Waals surface area contributed by atoms with Crippen molar-refractivity contribution in [1.29, 1.82) is 0 Å². The van der Waals surface area contributed by atoms with Gasteiger partial charge in [-0.2, -0.15) is 0 Å². The van der Waals surface area contributed by atoms with E-state index >= 15 is 0 Å². The Balaban J connectivity index is 1.75. The molecule has 0 saturated heterocycles. The van der Waals surface area contributed by atoms with Crippen LogP contribution in [0.4, 0.5) is 5.69 Å². The maximum Gasteiger partial charge on any atom is 0.205 e. The molecule has 3 aromatic heterocycles. The summed E-state index contributed by atoms with van der Waals surface area (Å²) >= 11 is 3.15. The highest BCUT2D eigenvalue weighted by Crippen LogP contribution is 2.43. The zero-order chi connectivity index (χ0) is 18.4. The summed E-state index contributed by atoms with van der Waals surface area (Å²) in [5.74, 6) is -0.0154. The molecule has 0 unspecified atom stereocenters. The number of hydrogen-bond donors (Lipinski definition) is 1. The van der Waals surface area contributed by atoms with Gasteiger partial charge in [-0.1, -0.05) is 36.4 Å². The number of rotatable bonds is 3. The van der Waals surface area contributed by atoms with E-state index in [4.69, 9.17) is 10.7 Å². The van der Waals surface area contributed by atoms with E-state index < -0.39 is 0 Å². The van der Waals surface area contributed by atoms with E-state index in [0.717, 1.165) is 35.2 Å². The van der Waals surface area contributed by atoms with Gasteiger partial charge in [0.2, 0.25) is 5.78 Å². The number of anilines is 1. The number of carbonyl (C=O) groups excluding carboxylic acids is 1. The van der Waals surface area contributed by atoms with Gasteiger partial charge in [0, 0.05) is 10.9 Å². The van der Waals surface area contributed by atoms with Gasteiger partial charge in [0.25, 0.3) is 0 Å². The van der Waals surface area contributed by atoms with Gasteiger partial charge in [-0.05, 0) is 48.3 Å². The van der Waals surface area contributed by atoms with Crippen LogP contribution in [0.1, 0.15) is 39.2 Å². The Kier molecular flexibility index (Phi) is 4.06. The number of hydrogen-bond acceptors (Lipinski definition) is 5. The monoisotopic (exact) mass is 390 g/mol. The van der Waals surface area contributed by atoms with Crippen LogP contribution in [0.2, 0.25) is 0 Å². The van der Waals surface area contributed by atoms with Crippen LogP contribution in [0.3, 0.4) is 0 Å². The number of carbonyl (C=O) groups is 1. The maximum atomic E-state index is 13.0. The van der Waals surface area contributed by atoms with Crippen LogP contribution in [0.25, 0.3) is 20.8 Å². The molecule has 4 aromatic rings. The standard InChI is InChI=1S/C22H18N2OS2/c23-18-17-14-9-4-5-10-15(14)19(16-11-6-12-26-16)24-22(17)27-21(18)20(25)13-7-2-1-3-8-13/h1-3,6-8,11-12H,4-5,9-10,23H2. The Labute approximate surface area is 165 Å². The van der Waals surface area contributed by atoms with Crippen LogP contribution >= 0.6 is 22.7 Å². The van der Waals surface area contributed by atoms with Crippen LogP contribution in [0, 0.1) is 0 Å². The summed E-state index contributed by atoms with van der Waals surface area (Å²) in [5, 5.41) is 3.10. The second kappa shape index (κ2) is 6.59. The fourth-order valence-corrected chi connectivity index (χ4v) is 5.75. The van der Waals surface area contributed by atoms with Crippen LogP contribution in [0.15, 0.2) is 47.8 Å². The van der Waals surface area contributed by atoms with Crippen molar-refractivity contribution in [1.82, 2.24) is 4.98 Å². The largest absolute Gasteiger partial charge is 0.397 e. The Morgan fingerprint density at radius 1 is 1.00 bits per heavy atom. The number of thiophene rings is 2. The number of aryl methyl sites for hydroxylation is 1. The van der Waals surface area contributed by atoms with Crippen LogP contribution in [-0.4, -0.2) is 10.8 Å². The van der Waals surface area contributed by atoms with E-state index in [9.17, 15) is 4.79 Å². The minimum atomic E-state index is -0.0154. The van der Waals surface area contributed by atoms with Crippen molar-refractivity contribution in [2.45, 2.75) is 25.7 Å². The number of aromatic nitrogens is 1. The summed E-state index contributed by atoms with van der Waals surface area (Å²) in [4.78, 5) is 20.7. The molecule has 0 spiro atoms. The predicted octanol–water partition coefficient (Wildman–Crippen LogP) is 5.72. The van der Waals surface area contributed by atoms with Crippen molar-refractivity contribution < 1.29 is 4.79 Å². The third-order valence-electron chi connectivity index (χ3n) is 5.19. The highest BCUT2D eigenvalue weighted by atomic mass is 32.1. The predicted molar refractivity (Wildman–Crippen MR) is 114 cm³/mol. The normalized spacial score (nSPS) is 13.6. The molecule has 1 aliphatic carbocycles. The minimum absolute atomic E-state index is 0.0154. The Morgan fingerprint density at radius 2 is 1.78 bits per heavy atom. The number of pyridine rings is 1. The second-order valence-electron chi connectivity index (χ2n) is 6.82. The molecule has 134 valence electrons. The van der Waals surface area contributed by atoms with Crippen molar-refractivity contribution in [3.05, 3.63) is 69.4 Å². The molecule has 3 nitrogen and oxygen atoms in total. The SMILES string of the molecule is Nc1c(C(=O)c2ccccc2)sc2nc(-c3cccs3)c3c(c12)CCCC3. The number of ketones is 1. The fraction of sp³-hybridized carbons (Fsp3) is 0.182. The number of benzene rings is 1. The van der Waals surface area contributed by atoms with E-state index in [0.29, 0.717) is 16.1 Å². The molecule has 0 saturated carbocycles. The summed E-state index contributed by atoms with van der Waals surface area (Å²) < 4.78 is 0. The van der Waals surface area contributed by atoms with Crippen molar-refractivity contribution in [3.63, 3.8) is 0 Å². The topological polar surface area (TPSA) is 56.0 Å². The van der Waals surface area contributed by atoms with Gasteiger partial charge in [-0.15, -0.1) is 22.7 Å². The molecule has 3 heterocycles. The minimum Gasteiger partial charge on any atom is -0.397 e. The zero-order valence-corrected chi connectivity index (χ0v) is 16.3. The second-order valence-corrected chi connectivity index (χ2v) is 8.77. The quantitative estimate of drug-likeness (QED) is 0.455. The molecule has 5 rings (SSSR count). The lowest BCUT2D eigenvalue weighted by Gasteiger charge is -2.19. The first-order valence-electron chi connectivity index (χ1n) is 9.11. The van der Waals surface area contributed by atoms with Crippen LogP contribution < -0.4 is 5.73 Å². The lowest BCUT2D eigenvalue weighted by atomic mass is 9.88. The molecule has 1 aromatic carbocycles. The lowest BCUT2D eigenvalue weighted by molar-refractivity contribution is 0.104. The third kappa shape index (κ3) is 2.69. The molecule has 1 aliphatic rings. The maximum absolute atomic E-state index is 13.0. The fourth-order valence-electron chi connectivity index (χ4n) is 3.92. The number of nitrogen functional groups attached to an aromatic ring is 1. The Bertz CT molecular complexity index is 1140. The molecule has 0 radical (unpaired) electrons. The van der Waals surface area contributed by atoms with Crippen LogP contribution in [0.5, 0.6) is 0 Å². The molecule has 27 heavy (non-hydrogen) atoms. The first kappa shape index (κ1) is 16.7. The van der Waals surface area contributed by atoms with E-state index in [1.165, 1.54) is 33.8 Å². The summed E-state index contributed by atoms with van der Waals surface area (Å²) in [6.45, 7) is 0. The molecule has 5 heteroatoms. The lowest BCUT2D eigenvalue weighted by Crippen LogP contribution is -2.07. The Morgan fingerprint density at radius 3 is 2.52 bits per heavy atom. The van der Waals surface area contributed by atoms with Gasteiger partial charge >= 0.3 is 0 Å². The smallest absolute Gasteiger partial charge is 0.205 e. The van der Waals surface area contributed by atoms with Gasteiger partial charge < -0.3 is 5.73 Å². The molecular weight excluding hydrogens is 372 g/mol. The average Bonchev–Trinajstić information content (AvgIpc) is 3.36. The summed E-state index contributed by atoms with van der Waals surface area (Å²) in [5.41, 5.74) is 11.5. The highest BCUT2D eigenvalue weighted by Gasteiger charge is 2.26. The average molecular weight is 391 g/mol.